The standard InChI is InChI=1S/C22H31N3O5S2/c1-21(2)16-8-9-22(21,3)17(12-16)23-24-18(26)14-30-20(27)15-6-4-10-25(13-15)32(28,29)19-7-5-11-31-19/h5,7,11,15-16H,4,6,8-10,12-14H2,1-3H3,(H,24,26)/b23-17-. The summed E-state index contributed by atoms with van der Waals surface area (Å²) in [5.74, 6) is -1.02. The van der Waals surface area contributed by atoms with Gasteiger partial charge in [-0.2, -0.15) is 9.41 Å². The maximum Gasteiger partial charge on any atom is 0.310 e. The number of amides is 1. The van der Waals surface area contributed by atoms with Gasteiger partial charge in [-0.05, 0) is 54.9 Å². The fraction of sp³-hybridized carbons (Fsp3) is 0.682. The van der Waals surface area contributed by atoms with Gasteiger partial charge in [-0.1, -0.05) is 26.8 Å². The van der Waals surface area contributed by atoms with E-state index in [2.05, 4.69) is 31.3 Å². The van der Waals surface area contributed by atoms with Crippen molar-refractivity contribution < 1.29 is 22.7 Å². The summed E-state index contributed by atoms with van der Waals surface area (Å²) in [7, 11) is -3.61. The predicted molar refractivity (Wildman–Crippen MR) is 122 cm³/mol. The topological polar surface area (TPSA) is 105 Å². The Kier molecular flexibility index (Phi) is 6.23. The Bertz CT molecular complexity index is 1020. The Morgan fingerprint density at radius 1 is 1.31 bits per heavy atom. The first-order valence-corrected chi connectivity index (χ1v) is 13.4. The van der Waals surface area contributed by atoms with E-state index in [0.29, 0.717) is 25.3 Å². The van der Waals surface area contributed by atoms with Crippen LogP contribution in [0.4, 0.5) is 0 Å². The largest absolute Gasteiger partial charge is 0.455 e. The molecule has 2 heterocycles. The Morgan fingerprint density at radius 2 is 2.09 bits per heavy atom. The zero-order valence-electron chi connectivity index (χ0n) is 18.8. The molecule has 2 saturated carbocycles. The van der Waals surface area contributed by atoms with Crippen LogP contribution in [0.15, 0.2) is 26.8 Å². The van der Waals surface area contributed by atoms with Gasteiger partial charge >= 0.3 is 5.97 Å². The Balaban J connectivity index is 1.29. The van der Waals surface area contributed by atoms with E-state index in [4.69, 9.17) is 4.74 Å². The number of nitrogens with one attached hydrogen (secondary N) is 1. The number of hydrazone groups is 1. The van der Waals surface area contributed by atoms with E-state index in [-0.39, 0.29) is 21.6 Å². The molecule has 1 amide bonds. The van der Waals surface area contributed by atoms with Crippen LogP contribution in [0.25, 0.3) is 0 Å². The molecule has 2 aliphatic carbocycles. The highest BCUT2D eigenvalue weighted by Crippen LogP contribution is 2.63. The molecular formula is C22H31N3O5S2. The smallest absolute Gasteiger partial charge is 0.310 e. The molecule has 0 radical (unpaired) electrons. The molecule has 1 N–H and O–H groups in total. The molecule has 3 fully saturated rings. The zero-order valence-corrected chi connectivity index (χ0v) is 20.4. The maximum atomic E-state index is 12.7. The highest BCUT2D eigenvalue weighted by atomic mass is 32.2. The molecule has 0 spiro atoms. The van der Waals surface area contributed by atoms with Crippen LogP contribution in [0.5, 0.6) is 0 Å². The van der Waals surface area contributed by atoms with Crippen LogP contribution >= 0.6 is 11.3 Å². The second-order valence-electron chi connectivity index (χ2n) is 9.83. The van der Waals surface area contributed by atoms with Crippen molar-refractivity contribution in [2.24, 2.45) is 27.8 Å². The number of carbonyl (C=O) groups is 2. The van der Waals surface area contributed by atoms with Crippen LogP contribution in [-0.4, -0.2) is 50.0 Å². The van der Waals surface area contributed by atoms with Crippen LogP contribution in [0.2, 0.25) is 0 Å². The summed E-state index contributed by atoms with van der Waals surface area (Å²) < 4.78 is 32.2. The van der Waals surface area contributed by atoms with E-state index in [1.807, 2.05) is 0 Å². The third-order valence-corrected chi connectivity index (χ3v) is 11.2. The van der Waals surface area contributed by atoms with E-state index in [1.54, 1.807) is 17.5 Å². The van der Waals surface area contributed by atoms with E-state index in [1.165, 1.54) is 10.7 Å². The Hall–Kier alpha value is -1.78. The van der Waals surface area contributed by atoms with Crippen molar-refractivity contribution in [1.82, 2.24) is 9.73 Å². The van der Waals surface area contributed by atoms with Crippen molar-refractivity contribution in [2.45, 2.75) is 57.1 Å². The van der Waals surface area contributed by atoms with Gasteiger partial charge in [-0.25, -0.2) is 13.8 Å². The summed E-state index contributed by atoms with van der Waals surface area (Å²) in [5.41, 5.74) is 3.72. The molecule has 3 atom stereocenters. The summed E-state index contributed by atoms with van der Waals surface area (Å²) in [4.78, 5) is 24.7. The first kappa shape index (κ1) is 23.4. The Morgan fingerprint density at radius 3 is 2.72 bits per heavy atom. The lowest BCUT2D eigenvalue weighted by Crippen LogP contribution is -2.43. The molecule has 8 nitrogen and oxygen atoms in total. The zero-order chi connectivity index (χ0) is 23.1. The number of thiophene rings is 1. The highest BCUT2D eigenvalue weighted by molar-refractivity contribution is 7.91. The fourth-order valence-electron chi connectivity index (χ4n) is 5.40. The summed E-state index contributed by atoms with van der Waals surface area (Å²) in [5, 5.41) is 6.09. The minimum absolute atomic E-state index is 0.0127. The third kappa shape index (κ3) is 4.01. The minimum Gasteiger partial charge on any atom is -0.455 e. The van der Waals surface area contributed by atoms with Gasteiger partial charge in [0.15, 0.2) is 6.61 Å². The van der Waals surface area contributed by atoms with Crippen LogP contribution in [-0.2, 0) is 24.3 Å². The lowest BCUT2D eigenvalue weighted by atomic mass is 9.70. The van der Waals surface area contributed by atoms with Crippen molar-refractivity contribution in [1.29, 1.82) is 0 Å². The van der Waals surface area contributed by atoms with Gasteiger partial charge in [-0.3, -0.25) is 9.59 Å². The number of piperidine rings is 1. The SMILES string of the molecule is CC12CCC(C/C1=N/NC(=O)COC(=O)C1CCCN(S(=O)(=O)c3cccs3)C1)C2(C)C. The second kappa shape index (κ2) is 8.53. The lowest BCUT2D eigenvalue weighted by molar-refractivity contribution is -0.153. The number of fused-ring (bicyclic) bond motifs is 2. The average Bonchev–Trinajstić information content (AvgIpc) is 3.43. The summed E-state index contributed by atoms with van der Waals surface area (Å²) in [6, 6.07) is 3.25. The molecule has 3 aliphatic rings. The number of hydrogen-bond acceptors (Lipinski definition) is 7. The normalized spacial score (nSPS) is 31.0. The summed E-state index contributed by atoms with van der Waals surface area (Å²) >= 11 is 1.16. The van der Waals surface area contributed by atoms with Gasteiger partial charge in [0.2, 0.25) is 0 Å². The summed E-state index contributed by atoms with van der Waals surface area (Å²) in [6.45, 7) is 6.76. The van der Waals surface area contributed by atoms with Gasteiger partial charge in [0.05, 0.1) is 5.92 Å². The molecule has 2 bridgehead atoms. The number of nitrogens with zero attached hydrogens (tertiary/aromatic N) is 2. The maximum absolute atomic E-state index is 12.7. The molecule has 1 aliphatic heterocycles. The molecule has 0 aromatic carbocycles. The van der Waals surface area contributed by atoms with Crippen molar-refractivity contribution in [3.8, 4) is 0 Å². The number of carbonyl (C=O) groups excluding carboxylic acids is 2. The van der Waals surface area contributed by atoms with E-state index >= 15 is 0 Å². The number of sulfonamides is 1. The van der Waals surface area contributed by atoms with Crippen molar-refractivity contribution in [3.05, 3.63) is 17.5 Å². The molecule has 1 aromatic rings. The van der Waals surface area contributed by atoms with E-state index in [0.717, 1.165) is 29.9 Å². The van der Waals surface area contributed by atoms with Gasteiger partial charge in [0, 0.05) is 24.2 Å². The molecule has 176 valence electrons. The Labute approximate surface area is 193 Å². The molecule has 4 rings (SSSR count). The molecule has 1 saturated heterocycles. The van der Waals surface area contributed by atoms with Crippen LogP contribution in [0.1, 0.15) is 52.9 Å². The van der Waals surface area contributed by atoms with E-state index in [9.17, 15) is 18.0 Å². The fourth-order valence-corrected chi connectivity index (χ4v) is 8.07. The van der Waals surface area contributed by atoms with Crippen molar-refractivity contribution in [3.63, 3.8) is 0 Å². The minimum atomic E-state index is -3.61. The second-order valence-corrected chi connectivity index (χ2v) is 12.9. The monoisotopic (exact) mass is 481 g/mol. The number of esters is 1. The van der Waals surface area contributed by atoms with Crippen LogP contribution < -0.4 is 5.43 Å². The van der Waals surface area contributed by atoms with Gasteiger partial charge in [0.25, 0.3) is 15.9 Å². The van der Waals surface area contributed by atoms with Crippen LogP contribution in [0, 0.1) is 22.7 Å². The summed E-state index contributed by atoms with van der Waals surface area (Å²) in [6.07, 6.45) is 4.25. The first-order chi connectivity index (χ1) is 15.1. The first-order valence-electron chi connectivity index (χ1n) is 11.1. The number of hydrogen-bond donors (Lipinski definition) is 1. The van der Waals surface area contributed by atoms with Crippen LogP contribution in [0.3, 0.4) is 0 Å². The molecule has 10 heteroatoms. The quantitative estimate of drug-likeness (QED) is 0.497. The van der Waals surface area contributed by atoms with Crippen molar-refractivity contribution in [2.75, 3.05) is 19.7 Å². The van der Waals surface area contributed by atoms with Crippen molar-refractivity contribution >= 4 is 38.9 Å². The number of ether oxygens (including phenoxy) is 1. The third-order valence-electron chi connectivity index (χ3n) is 7.98. The lowest BCUT2D eigenvalue weighted by Gasteiger charge is -2.34. The van der Waals surface area contributed by atoms with Gasteiger partial charge in [-0.15, -0.1) is 11.3 Å². The average molecular weight is 482 g/mol. The van der Waals surface area contributed by atoms with Gasteiger partial charge in [0.1, 0.15) is 4.21 Å². The highest BCUT2D eigenvalue weighted by Gasteiger charge is 2.60. The molecule has 1 aromatic heterocycles. The van der Waals surface area contributed by atoms with Gasteiger partial charge < -0.3 is 4.74 Å². The molecule has 3 unspecified atom stereocenters. The predicted octanol–water partition coefficient (Wildman–Crippen LogP) is 3.01. The molecular weight excluding hydrogens is 450 g/mol. The van der Waals surface area contributed by atoms with E-state index < -0.39 is 34.4 Å². The number of rotatable bonds is 6. The molecule has 32 heavy (non-hydrogen) atoms.